The van der Waals surface area contributed by atoms with Crippen LogP contribution in [0.2, 0.25) is 0 Å². The van der Waals surface area contributed by atoms with E-state index < -0.39 is 0 Å². The van der Waals surface area contributed by atoms with E-state index in [4.69, 9.17) is 0 Å². The summed E-state index contributed by atoms with van der Waals surface area (Å²) in [5, 5.41) is 0. The largest absolute Gasteiger partial charge is 3.00 e. The third-order valence-corrected chi connectivity index (χ3v) is 0. The monoisotopic (exact) mass is 300 g/mol. The van der Waals surface area contributed by atoms with Crippen LogP contribution in [0.3, 0.4) is 0 Å². The van der Waals surface area contributed by atoms with Gasteiger partial charge >= 0.3 is 104 Å². The smallest absolute Gasteiger partial charge is 2.00 e. The molecule has 0 bridgehead atoms. The Hall–Kier alpha value is 3.32. The summed E-state index contributed by atoms with van der Waals surface area (Å²) in [6, 6.07) is 0. The molecular formula is MnOPrSr+5. The van der Waals surface area contributed by atoms with Crippen molar-refractivity contribution in [1.29, 1.82) is 0 Å². The molecule has 0 heterocycles. The topological polar surface area (TPSA) is 28.5 Å². The summed E-state index contributed by atoms with van der Waals surface area (Å²) in [6.07, 6.45) is 0. The summed E-state index contributed by atoms with van der Waals surface area (Å²) in [7, 11) is 0. The molecule has 4 heavy (non-hydrogen) atoms. The van der Waals surface area contributed by atoms with Gasteiger partial charge in [0.15, 0.2) is 0 Å². The second kappa shape index (κ2) is 16.2. The summed E-state index contributed by atoms with van der Waals surface area (Å²) >= 11 is 0. The molecule has 0 aliphatic heterocycles. The van der Waals surface area contributed by atoms with Crippen molar-refractivity contribution >= 4 is 45.5 Å². The first kappa shape index (κ1) is 26.5. The van der Waals surface area contributed by atoms with Crippen LogP contribution in [0.5, 0.6) is 0 Å². The van der Waals surface area contributed by atoms with Crippen LogP contribution in [0.1, 0.15) is 0 Å². The van der Waals surface area contributed by atoms with Gasteiger partial charge in [-0.15, -0.1) is 0 Å². The van der Waals surface area contributed by atoms with Gasteiger partial charge in [0.2, 0.25) is 0 Å². The van der Waals surface area contributed by atoms with Crippen LogP contribution >= 0.6 is 0 Å². The van der Waals surface area contributed by atoms with Crippen molar-refractivity contribution in [3.05, 3.63) is 0 Å². The molecule has 0 aromatic rings. The zero-order chi connectivity index (χ0) is 0. The molecule has 0 spiro atoms. The molecule has 0 atom stereocenters. The number of rotatable bonds is 0. The van der Waals surface area contributed by atoms with E-state index in [2.05, 4.69) is 0 Å². The van der Waals surface area contributed by atoms with Gasteiger partial charge in [-0.1, -0.05) is 0 Å². The number of hydrogen-bond donors (Lipinski definition) is 0. The molecule has 4 heteroatoms. The van der Waals surface area contributed by atoms with Gasteiger partial charge in [0.1, 0.15) is 0 Å². The first-order chi connectivity index (χ1) is 0. The van der Waals surface area contributed by atoms with Gasteiger partial charge in [0, 0.05) is 0 Å². The molecular weight excluding hydrogens is 299 g/mol. The maximum atomic E-state index is 0. The molecule has 0 N–H and O–H groups in total. The summed E-state index contributed by atoms with van der Waals surface area (Å²) in [5.74, 6) is 0. The standard InChI is InChI=1S/Mn.O.Pr.Sr/q+2;-2;+3;+2. The molecule has 0 aliphatic rings. The van der Waals surface area contributed by atoms with Crippen molar-refractivity contribution in [1.82, 2.24) is 0 Å². The maximum Gasteiger partial charge on any atom is 3.00 e. The van der Waals surface area contributed by atoms with Crippen LogP contribution in [-0.4, -0.2) is 45.5 Å². The summed E-state index contributed by atoms with van der Waals surface area (Å²) in [6.45, 7) is 0. The fraction of sp³-hybridized carbons (Fsp3) is 0. The van der Waals surface area contributed by atoms with Gasteiger partial charge in [-0.05, 0) is 0 Å². The average molecular weight is 299 g/mol. The van der Waals surface area contributed by atoms with Gasteiger partial charge in [-0.2, -0.15) is 0 Å². The Labute approximate surface area is 106 Å². The zero-order valence-corrected chi connectivity index (χ0v) is 10.4. The summed E-state index contributed by atoms with van der Waals surface area (Å²) in [5.41, 5.74) is 0. The van der Waals surface area contributed by atoms with E-state index in [1.165, 1.54) is 0 Å². The molecule has 0 rings (SSSR count). The van der Waals surface area contributed by atoms with Gasteiger partial charge in [-0.25, -0.2) is 0 Å². The molecule has 0 saturated carbocycles. The molecule has 0 aromatic carbocycles. The normalized spacial score (nSPS) is 0. The van der Waals surface area contributed by atoms with E-state index in [9.17, 15) is 0 Å². The Morgan fingerprint density at radius 3 is 1.00 bits per heavy atom. The van der Waals surface area contributed by atoms with Crippen molar-refractivity contribution in [3.8, 4) is 0 Å². The van der Waals surface area contributed by atoms with Gasteiger partial charge < -0.3 is 5.48 Å². The first-order valence-corrected chi connectivity index (χ1v) is 0. The first-order valence-electron chi connectivity index (χ1n) is 0. The van der Waals surface area contributed by atoms with Gasteiger partial charge in [0.25, 0.3) is 0 Å². The predicted octanol–water partition coefficient (Wildman–Crippen LogP) is -0.502. The Balaban J connectivity index is 0. The Kier molecular flexibility index (Phi) is 108. The van der Waals surface area contributed by atoms with Crippen LogP contribution in [0, 0.1) is 41.3 Å². The van der Waals surface area contributed by atoms with Crippen LogP contribution < -0.4 is 0 Å². The van der Waals surface area contributed by atoms with Crippen molar-refractivity contribution in [2.75, 3.05) is 0 Å². The Bertz CT molecular complexity index is 8.00. The van der Waals surface area contributed by atoms with Crippen LogP contribution in [0.4, 0.5) is 0 Å². The average Bonchev–Trinajstić information content (AvgIpc) is 0. The molecule has 1 radical (unpaired) electrons. The van der Waals surface area contributed by atoms with Crippen molar-refractivity contribution in [2.24, 2.45) is 0 Å². The molecule has 13 valence electrons. The third kappa shape index (κ3) is 9.01. The quantitative estimate of drug-likeness (QED) is 0.540. The SMILES string of the molecule is [Mn+2].[O-2].[Pr+3].[Sr+2]. The van der Waals surface area contributed by atoms with E-state index in [1.54, 1.807) is 0 Å². The second-order valence-electron chi connectivity index (χ2n) is 0. The van der Waals surface area contributed by atoms with Crippen LogP contribution in [-0.2, 0) is 22.5 Å². The van der Waals surface area contributed by atoms with Gasteiger partial charge in [-0.3, -0.25) is 0 Å². The zero-order valence-electron chi connectivity index (χ0n) is 2.07. The van der Waals surface area contributed by atoms with E-state index in [-0.39, 0.29) is 109 Å². The van der Waals surface area contributed by atoms with E-state index in [1.807, 2.05) is 0 Å². The Morgan fingerprint density at radius 2 is 1.00 bits per heavy atom. The van der Waals surface area contributed by atoms with E-state index in [0.717, 1.165) is 0 Å². The van der Waals surface area contributed by atoms with E-state index >= 15 is 0 Å². The molecule has 1 nitrogen and oxygen atoms in total. The van der Waals surface area contributed by atoms with E-state index in [0.29, 0.717) is 0 Å². The minimum absolute atomic E-state index is 0. The molecule has 0 unspecified atom stereocenters. The van der Waals surface area contributed by atoms with Gasteiger partial charge in [0.05, 0.1) is 0 Å². The fourth-order valence-electron chi connectivity index (χ4n) is 0. The maximum absolute atomic E-state index is 0. The van der Waals surface area contributed by atoms with Crippen molar-refractivity contribution in [3.63, 3.8) is 0 Å². The van der Waals surface area contributed by atoms with Crippen LogP contribution in [0.15, 0.2) is 0 Å². The minimum Gasteiger partial charge on any atom is -2.00 e. The number of hydrogen-bond acceptors (Lipinski definition) is 0. The summed E-state index contributed by atoms with van der Waals surface area (Å²) < 4.78 is 0. The molecule has 0 fully saturated rings. The third-order valence-electron chi connectivity index (χ3n) is 0. The van der Waals surface area contributed by atoms with Crippen LogP contribution in [0.25, 0.3) is 0 Å². The molecule has 0 aromatic heterocycles. The molecule has 0 amide bonds. The Morgan fingerprint density at radius 1 is 1.00 bits per heavy atom. The second-order valence-corrected chi connectivity index (χ2v) is 0. The minimum atomic E-state index is 0. The summed E-state index contributed by atoms with van der Waals surface area (Å²) in [4.78, 5) is 0. The molecule has 0 aliphatic carbocycles. The molecule has 0 saturated heterocycles. The fourth-order valence-corrected chi connectivity index (χ4v) is 0. The predicted molar refractivity (Wildman–Crippen MR) is 6.44 cm³/mol. The van der Waals surface area contributed by atoms with Crippen molar-refractivity contribution in [2.45, 2.75) is 0 Å². The van der Waals surface area contributed by atoms with Crippen molar-refractivity contribution < 1.29 is 63.8 Å².